The third-order valence-electron chi connectivity index (χ3n) is 4.21. The second-order valence-corrected chi connectivity index (χ2v) is 5.78. The third kappa shape index (κ3) is 4.24. The maximum atomic E-state index is 6.04. The van der Waals surface area contributed by atoms with E-state index in [0.717, 1.165) is 18.7 Å². The van der Waals surface area contributed by atoms with Crippen LogP contribution < -0.4 is 5.73 Å². The number of nitrogen functional groups attached to an aromatic ring is 1. The first kappa shape index (κ1) is 14.4. The van der Waals surface area contributed by atoms with E-state index in [4.69, 9.17) is 5.73 Å². The van der Waals surface area contributed by atoms with E-state index in [1.54, 1.807) is 0 Å². The van der Waals surface area contributed by atoms with Crippen molar-refractivity contribution >= 4 is 5.69 Å². The van der Waals surface area contributed by atoms with E-state index < -0.39 is 0 Å². The highest BCUT2D eigenvalue weighted by Crippen LogP contribution is 2.24. The van der Waals surface area contributed by atoms with Crippen molar-refractivity contribution in [3.63, 3.8) is 0 Å². The van der Waals surface area contributed by atoms with Crippen LogP contribution in [0, 0.1) is 0 Å². The number of anilines is 1. The lowest BCUT2D eigenvalue weighted by Gasteiger charge is -2.29. The number of unbranched alkanes of at least 4 members (excludes halogenated alkanes) is 5. The summed E-state index contributed by atoms with van der Waals surface area (Å²) in [5.41, 5.74) is 9.85. The first-order chi connectivity index (χ1) is 9.31. The molecule has 1 aromatic rings. The molecule has 0 spiro atoms. The van der Waals surface area contributed by atoms with Crippen molar-refractivity contribution in [1.82, 2.24) is 4.90 Å². The summed E-state index contributed by atoms with van der Waals surface area (Å²) in [7, 11) is 0. The average Bonchev–Trinajstić information content (AvgIpc) is 2.43. The van der Waals surface area contributed by atoms with Crippen LogP contribution in [0.15, 0.2) is 18.2 Å². The number of nitrogens with zero attached hydrogens (tertiary/aromatic N) is 1. The number of benzene rings is 1. The zero-order chi connectivity index (χ0) is 13.5. The molecule has 0 unspecified atom stereocenters. The predicted molar refractivity (Wildman–Crippen MR) is 83.2 cm³/mol. The van der Waals surface area contributed by atoms with E-state index in [1.165, 1.54) is 62.7 Å². The van der Waals surface area contributed by atoms with Gasteiger partial charge in [-0.3, -0.25) is 4.90 Å². The van der Waals surface area contributed by atoms with Crippen LogP contribution in [0.5, 0.6) is 0 Å². The maximum Gasteiger partial charge on any atom is 0.0350 e. The van der Waals surface area contributed by atoms with Gasteiger partial charge in [0.25, 0.3) is 0 Å². The lowest BCUT2D eigenvalue weighted by Crippen LogP contribution is -2.31. The molecular weight excluding hydrogens is 232 g/mol. The van der Waals surface area contributed by atoms with Crippen LogP contribution in [-0.4, -0.2) is 18.0 Å². The highest BCUT2D eigenvalue weighted by atomic mass is 15.1. The molecule has 0 bridgehead atoms. The van der Waals surface area contributed by atoms with Gasteiger partial charge in [0.15, 0.2) is 0 Å². The summed E-state index contributed by atoms with van der Waals surface area (Å²) in [4.78, 5) is 2.58. The molecule has 0 aliphatic carbocycles. The fourth-order valence-electron chi connectivity index (χ4n) is 3.00. The van der Waals surface area contributed by atoms with Crippen LogP contribution in [0.2, 0.25) is 0 Å². The van der Waals surface area contributed by atoms with E-state index in [-0.39, 0.29) is 0 Å². The Morgan fingerprint density at radius 1 is 1.11 bits per heavy atom. The molecule has 1 heterocycles. The number of fused-ring (bicyclic) bond motifs is 1. The topological polar surface area (TPSA) is 29.3 Å². The molecule has 0 saturated carbocycles. The fraction of sp³-hybridized carbons (Fsp3) is 0.647. The van der Waals surface area contributed by atoms with Crippen molar-refractivity contribution in [2.75, 3.05) is 18.8 Å². The zero-order valence-corrected chi connectivity index (χ0v) is 12.3. The van der Waals surface area contributed by atoms with Crippen molar-refractivity contribution in [2.45, 2.75) is 58.4 Å². The molecule has 0 saturated heterocycles. The van der Waals surface area contributed by atoms with Gasteiger partial charge in [-0.25, -0.2) is 0 Å². The summed E-state index contributed by atoms with van der Waals surface area (Å²) in [5, 5.41) is 0. The molecule has 2 rings (SSSR count). The van der Waals surface area contributed by atoms with Crippen LogP contribution >= 0.6 is 0 Å². The zero-order valence-electron chi connectivity index (χ0n) is 12.3. The molecule has 2 nitrogen and oxygen atoms in total. The van der Waals surface area contributed by atoms with Gasteiger partial charge in [-0.15, -0.1) is 0 Å². The van der Waals surface area contributed by atoms with E-state index >= 15 is 0 Å². The third-order valence-corrected chi connectivity index (χ3v) is 4.21. The minimum absolute atomic E-state index is 0.983. The standard InChI is InChI=1S/C17H28N2/c1-2-3-4-5-6-7-12-19-13-11-16-15(14-19)9-8-10-17(16)18/h8-10H,2-7,11-14,18H2,1H3. The second-order valence-electron chi connectivity index (χ2n) is 5.78. The monoisotopic (exact) mass is 260 g/mol. The number of hydrogen-bond donors (Lipinski definition) is 1. The Balaban J connectivity index is 1.70. The number of hydrogen-bond acceptors (Lipinski definition) is 2. The van der Waals surface area contributed by atoms with Gasteiger partial charge in [-0.2, -0.15) is 0 Å². The summed E-state index contributed by atoms with van der Waals surface area (Å²) < 4.78 is 0. The van der Waals surface area contributed by atoms with Crippen LogP contribution in [0.4, 0.5) is 5.69 Å². The molecule has 0 radical (unpaired) electrons. The van der Waals surface area contributed by atoms with Gasteiger partial charge in [0.05, 0.1) is 0 Å². The Hall–Kier alpha value is -1.02. The van der Waals surface area contributed by atoms with Crippen LogP contribution in [0.3, 0.4) is 0 Å². The summed E-state index contributed by atoms with van der Waals surface area (Å²) >= 11 is 0. The smallest absolute Gasteiger partial charge is 0.0350 e. The van der Waals surface area contributed by atoms with Gasteiger partial charge < -0.3 is 5.73 Å². The normalized spacial score (nSPS) is 15.4. The fourth-order valence-corrected chi connectivity index (χ4v) is 3.00. The Labute approximate surface area is 118 Å². The molecule has 2 heteroatoms. The summed E-state index contributed by atoms with van der Waals surface area (Å²) in [5.74, 6) is 0. The van der Waals surface area contributed by atoms with Crippen LogP contribution in [0.25, 0.3) is 0 Å². The Bertz CT molecular complexity index is 387. The summed E-state index contributed by atoms with van der Waals surface area (Å²) in [6.07, 6.45) is 9.42. The van der Waals surface area contributed by atoms with Gasteiger partial charge in [0.1, 0.15) is 0 Å². The molecular formula is C17H28N2. The van der Waals surface area contributed by atoms with Crippen molar-refractivity contribution < 1.29 is 0 Å². The highest BCUT2D eigenvalue weighted by Gasteiger charge is 2.16. The molecule has 19 heavy (non-hydrogen) atoms. The van der Waals surface area contributed by atoms with Crippen molar-refractivity contribution in [3.8, 4) is 0 Å². The second kappa shape index (κ2) is 7.54. The van der Waals surface area contributed by atoms with Crippen LogP contribution in [-0.2, 0) is 13.0 Å². The lowest BCUT2D eigenvalue weighted by molar-refractivity contribution is 0.248. The maximum absolute atomic E-state index is 6.04. The van der Waals surface area contributed by atoms with E-state index in [0.29, 0.717) is 0 Å². The molecule has 1 aromatic carbocycles. The first-order valence-electron chi connectivity index (χ1n) is 7.90. The highest BCUT2D eigenvalue weighted by molar-refractivity contribution is 5.51. The average molecular weight is 260 g/mol. The molecule has 0 amide bonds. The van der Waals surface area contributed by atoms with Crippen molar-refractivity contribution in [1.29, 1.82) is 0 Å². The van der Waals surface area contributed by atoms with E-state index in [1.807, 2.05) is 6.07 Å². The van der Waals surface area contributed by atoms with Crippen molar-refractivity contribution in [2.24, 2.45) is 0 Å². The van der Waals surface area contributed by atoms with Gasteiger partial charge >= 0.3 is 0 Å². The molecule has 0 aromatic heterocycles. The molecule has 0 atom stereocenters. The molecule has 1 aliphatic rings. The molecule has 2 N–H and O–H groups in total. The van der Waals surface area contributed by atoms with E-state index in [9.17, 15) is 0 Å². The predicted octanol–water partition coefficient (Wildman–Crippen LogP) is 3.99. The Morgan fingerprint density at radius 3 is 2.74 bits per heavy atom. The van der Waals surface area contributed by atoms with Crippen molar-refractivity contribution in [3.05, 3.63) is 29.3 Å². The van der Waals surface area contributed by atoms with Gasteiger partial charge in [0, 0.05) is 18.8 Å². The molecule has 1 aliphatic heterocycles. The van der Waals surface area contributed by atoms with Crippen LogP contribution in [0.1, 0.15) is 56.6 Å². The number of rotatable bonds is 7. The van der Waals surface area contributed by atoms with E-state index in [2.05, 4.69) is 24.0 Å². The quantitative estimate of drug-likeness (QED) is 0.593. The van der Waals surface area contributed by atoms with Gasteiger partial charge in [0.2, 0.25) is 0 Å². The summed E-state index contributed by atoms with van der Waals surface area (Å²) in [6.45, 7) is 5.79. The first-order valence-corrected chi connectivity index (χ1v) is 7.90. The largest absolute Gasteiger partial charge is 0.398 e. The van der Waals surface area contributed by atoms with Gasteiger partial charge in [-0.1, -0.05) is 51.2 Å². The minimum Gasteiger partial charge on any atom is -0.398 e. The Morgan fingerprint density at radius 2 is 1.89 bits per heavy atom. The lowest BCUT2D eigenvalue weighted by atomic mass is 9.98. The molecule has 106 valence electrons. The Kier molecular flexibility index (Phi) is 5.71. The molecule has 0 fully saturated rings. The summed E-state index contributed by atoms with van der Waals surface area (Å²) in [6, 6.07) is 6.35. The number of nitrogens with two attached hydrogens (primary N) is 1. The SMILES string of the molecule is CCCCCCCCN1CCc2c(N)cccc2C1. The van der Waals surface area contributed by atoms with Gasteiger partial charge in [-0.05, 0) is 36.6 Å². The minimum atomic E-state index is 0.983.